The molecule has 1 aliphatic rings. The summed E-state index contributed by atoms with van der Waals surface area (Å²) in [5, 5.41) is 0. The molecule has 0 spiro atoms. The summed E-state index contributed by atoms with van der Waals surface area (Å²) in [5.41, 5.74) is 1.03. The van der Waals surface area contributed by atoms with E-state index in [4.69, 9.17) is 4.74 Å². The second-order valence-corrected chi connectivity index (χ2v) is 6.26. The van der Waals surface area contributed by atoms with Crippen molar-refractivity contribution in [1.29, 1.82) is 0 Å². The van der Waals surface area contributed by atoms with E-state index in [2.05, 4.69) is 25.7 Å². The molecule has 2 rings (SSSR count). The summed E-state index contributed by atoms with van der Waals surface area (Å²) in [6, 6.07) is 10.3. The average molecular weight is 446 g/mol. The van der Waals surface area contributed by atoms with E-state index in [1.165, 1.54) is 0 Å². The lowest BCUT2D eigenvalue weighted by molar-refractivity contribution is 0.0285. The molecule has 0 radical (unpaired) electrons. The number of benzene rings is 1. The predicted molar refractivity (Wildman–Crippen MR) is 109 cm³/mol. The zero-order valence-corrected chi connectivity index (χ0v) is 17.4. The standard InChI is InChI=1S/C19H30N2O2.HI/c1-4-17(5-2)18-14-21(13-12-20(18)6-3)19(22)23-15-16-10-8-7-9-11-16;/h7-11,17-18H,4-6,12-15H2,1-3H3;1H. The molecule has 0 aliphatic carbocycles. The molecule has 1 saturated heterocycles. The Morgan fingerprint density at radius 1 is 1.17 bits per heavy atom. The van der Waals surface area contributed by atoms with Gasteiger partial charge in [0.25, 0.3) is 0 Å². The Kier molecular flexibility index (Phi) is 9.66. The maximum Gasteiger partial charge on any atom is 0.410 e. The maximum atomic E-state index is 12.4. The van der Waals surface area contributed by atoms with Crippen LogP contribution in [0.3, 0.4) is 0 Å². The smallest absolute Gasteiger partial charge is 0.410 e. The van der Waals surface area contributed by atoms with Gasteiger partial charge in [0, 0.05) is 25.7 Å². The lowest BCUT2D eigenvalue weighted by Gasteiger charge is -2.43. The first-order chi connectivity index (χ1) is 11.2. The van der Waals surface area contributed by atoms with Crippen LogP contribution in [-0.4, -0.2) is 48.1 Å². The molecular formula is C19H31IN2O2. The van der Waals surface area contributed by atoms with Crippen molar-refractivity contribution in [2.45, 2.75) is 46.3 Å². The van der Waals surface area contributed by atoms with Crippen molar-refractivity contribution < 1.29 is 9.53 Å². The summed E-state index contributed by atoms with van der Waals surface area (Å²) >= 11 is 0. The second kappa shape index (κ2) is 10.9. The summed E-state index contributed by atoms with van der Waals surface area (Å²) in [6.45, 7) is 10.6. The van der Waals surface area contributed by atoms with E-state index in [9.17, 15) is 4.79 Å². The number of rotatable bonds is 6. The van der Waals surface area contributed by atoms with Crippen molar-refractivity contribution in [3.8, 4) is 0 Å². The Morgan fingerprint density at radius 3 is 2.42 bits per heavy atom. The number of nitrogens with zero attached hydrogens (tertiary/aromatic N) is 2. The Hall–Kier alpha value is -0.820. The van der Waals surface area contributed by atoms with Gasteiger partial charge < -0.3 is 9.64 Å². The summed E-state index contributed by atoms with van der Waals surface area (Å²) in [4.78, 5) is 16.8. The predicted octanol–water partition coefficient (Wildman–Crippen LogP) is 4.38. The molecule has 0 aromatic heterocycles. The Morgan fingerprint density at radius 2 is 1.83 bits per heavy atom. The van der Waals surface area contributed by atoms with Gasteiger partial charge in [0.15, 0.2) is 0 Å². The Bertz CT molecular complexity index is 472. The van der Waals surface area contributed by atoms with Crippen LogP contribution < -0.4 is 0 Å². The number of piperazine rings is 1. The summed E-state index contributed by atoms with van der Waals surface area (Å²) < 4.78 is 5.50. The monoisotopic (exact) mass is 446 g/mol. The van der Waals surface area contributed by atoms with Crippen molar-refractivity contribution >= 4 is 30.1 Å². The van der Waals surface area contributed by atoms with Gasteiger partial charge in [-0.1, -0.05) is 63.9 Å². The third-order valence-corrected chi connectivity index (χ3v) is 5.00. The van der Waals surface area contributed by atoms with Crippen LogP contribution in [0.2, 0.25) is 0 Å². The van der Waals surface area contributed by atoms with Crippen LogP contribution in [0.15, 0.2) is 30.3 Å². The Labute approximate surface area is 163 Å². The van der Waals surface area contributed by atoms with E-state index < -0.39 is 0 Å². The molecule has 1 unspecified atom stereocenters. The number of hydrogen-bond acceptors (Lipinski definition) is 3. The van der Waals surface area contributed by atoms with Gasteiger partial charge in [-0.2, -0.15) is 0 Å². The first-order valence-electron chi connectivity index (χ1n) is 8.89. The number of carbonyl (C=O) groups is 1. The fraction of sp³-hybridized carbons (Fsp3) is 0.632. The minimum Gasteiger partial charge on any atom is -0.445 e. The maximum absolute atomic E-state index is 12.4. The van der Waals surface area contributed by atoms with E-state index >= 15 is 0 Å². The molecule has 4 nitrogen and oxygen atoms in total. The van der Waals surface area contributed by atoms with E-state index in [-0.39, 0.29) is 30.1 Å². The van der Waals surface area contributed by atoms with Crippen LogP contribution >= 0.6 is 24.0 Å². The molecule has 24 heavy (non-hydrogen) atoms. The van der Waals surface area contributed by atoms with E-state index in [0.717, 1.165) is 44.6 Å². The fourth-order valence-electron chi connectivity index (χ4n) is 3.50. The van der Waals surface area contributed by atoms with Gasteiger partial charge in [-0.25, -0.2) is 4.79 Å². The van der Waals surface area contributed by atoms with Gasteiger partial charge >= 0.3 is 6.09 Å². The fourth-order valence-corrected chi connectivity index (χ4v) is 3.50. The Balaban J connectivity index is 0.00000288. The molecule has 5 heteroatoms. The highest BCUT2D eigenvalue weighted by Crippen LogP contribution is 2.23. The van der Waals surface area contributed by atoms with E-state index in [0.29, 0.717) is 18.6 Å². The number of amides is 1. The van der Waals surface area contributed by atoms with Gasteiger partial charge in [0.2, 0.25) is 0 Å². The number of ether oxygens (including phenoxy) is 1. The molecule has 0 N–H and O–H groups in total. The lowest BCUT2D eigenvalue weighted by Crippen LogP contribution is -2.57. The zero-order valence-electron chi connectivity index (χ0n) is 15.1. The van der Waals surface area contributed by atoms with Gasteiger partial charge in [-0.05, 0) is 18.0 Å². The molecule has 1 aliphatic heterocycles. The molecule has 1 atom stereocenters. The van der Waals surface area contributed by atoms with Crippen LogP contribution in [0.25, 0.3) is 0 Å². The van der Waals surface area contributed by atoms with Crippen molar-refractivity contribution in [2.24, 2.45) is 5.92 Å². The van der Waals surface area contributed by atoms with Gasteiger partial charge in [-0.15, -0.1) is 24.0 Å². The van der Waals surface area contributed by atoms with Gasteiger partial charge in [0.1, 0.15) is 6.61 Å². The quantitative estimate of drug-likeness (QED) is 0.608. The lowest BCUT2D eigenvalue weighted by atomic mass is 9.91. The molecule has 0 bridgehead atoms. The molecule has 136 valence electrons. The molecule has 1 fully saturated rings. The van der Waals surface area contributed by atoms with Gasteiger partial charge in [-0.3, -0.25) is 4.90 Å². The number of carbonyl (C=O) groups excluding carboxylic acids is 1. The first kappa shape index (κ1) is 21.2. The van der Waals surface area contributed by atoms with Crippen LogP contribution in [0, 0.1) is 5.92 Å². The normalized spacial score (nSPS) is 18.3. The van der Waals surface area contributed by atoms with Crippen molar-refractivity contribution in [3.05, 3.63) is 35.9 Å². The van der Waals surface area contributed by atoms with Crippen LogP contribution in [0.4, 0.5) is 4.79 Å². The summed E-state index contributed by atoms with van der Waals surface area (Å²) in [7, 11) is 0. The first-order valence-corrected chi connectivity index (χ1v) is 8.89. The summed E-state index contributed by atoms with van der Waals surface area (Å²) in [6.07, 6.45) is 2.13. The van der Waals surface area contributed by atoms with Crippen molar-refractivity contribution in [1.82, 2.24) is 9.80 Å². The molecule has 1 aromatic rings. The van der Waals surface area contributed by atoms with Crippen molar-refractivity contribution in [2.75, 3.05) is 26.2 Å². The third kappa shape index (κ3) is 5.62. The minimum absolute atomic E-state index is 0. The highest BCUT2D eigenvalue weighted by Gasteiger charge is 2.33. The zero-order chi connectivity index (χ0) is 16.7. The average Bonchev–Trinajstić information content (AvgIpc) is 2.61. The topological polar surface area (TPSA) is 32.8 Å². The molecule has 1 amide bonds. The highest BCUT2D eigenvalue weighted by molar-refractivity contribution is 14.0. The van der Waals surface area contributed by atoms with Crippen LogP contribution in [0.1, 0.15) is 39.2 Å². The third-order valence-electron chi connectivity index (χ3n) is 5.00. The van der Waals surface area contributed by atoms with Crippen LogP contribution in [0.5, 0.6) is 0 Å². The number of hydrogen-bond donors (Lipinski definition) is 0. The molecule has 1 heterocycles. The second-order valence-electron chi connectivity index (χ2n) is 6.26. The van der Waals surface area contributed by atoms with Crippen LogP contribution in [-0.2, 0) is 11.3 Å². The number of halogens is 1. The van der Waals surface area contributed by atoms with E-state index in [1.54, 1.807) is 0 Å². The molecule has 1 aromatic carbocycles. The largest absolute Gasteiger partial charge is 0.445 e. The highest BCUT2D eigenvalue weighted by atomic mass is 127. The minimum atomic E-state index is -0.180. The molecule has 0 saturated carbocycles. The summed E-state index contributed by atoms with van der Waals surface area (Å²) in [5.74, 6) is 0.639. The SMILES string of the molecule is CCC(CC)C1CN(C(=O)OCc2ccccc2)CCN1CC.I. The molecular weight excluding hydrogens is 415 g/mol. The van der Waals surface area contributed by atoms with E-state index in [1.807, 2.05) is 35.2 Å². The van der Waals surface area contributed by atoms with Gasteiger partial charge in [0.05, 0.1) is 0 Å². The van der Waals surface area contributed by atoms with Crippen molar-refractivity contribution in [3.63, 3.8) is 0 Å². The number of likely N-dealkylation sites (N-methyl/N-ethyl adjacent to an activating group) is 1.